The lowest BCUT2D eigenvalue weighted by atomic mass is 9.59. The molecule has 0 saturated carbocycles. The molecule has 2 aromatic rings. The van der Waals surface area contributed by atoms with E-state index in [0.717, 1.165) is 11.1 Å². The molecule has 2 amide bonds. The monoisotopic (exact) mass is 539 g/mol. The maximum absolute atomic E-state index is 13.9. The second kappa shape index (κ2) is 9.62. The van der Waals surface area contributed by atoms with Gasteiger partial charge in [-0.2, -0.15) is 0 Å². The fraction of sp³-hybridized carbons (Fsp3) is 0.312. The Bertz CT molecular complexity index is 1560. The molecule has 6 rings (SSSR count). The zero-order valence-electron chi connectivity index (χ0n) is 22.5. The van der Waals surface area contributed by atoms with Crippen molar-refractivity contribution in [2.75, 3.05) is 14.2 Å². The Hall–Kier alpha value is -4.46. The predicted molar refractivity (Wildman–Crippen MR) is 145 cm³/mol. The molecule has 204 valence electrons. The number of imide groups is 1. The van der Waals surface area contributed by atoms with Crippen molar-refractivity contribution in [3.8, 4) is 17.2 Å². The Morgan fingerprint density at radius 2 is 1.73 bits per heavy atom. The fourth-order valence-electron chi connectivity index (χ4n) is 6.84. The second-order valence-corrected chi connectivity index (χ2v) is 10.7. The third-order valence-electron chi connectivity index (χ3n) is 8.68. The number of hydrogen-bond acceptors (Lipinski definition) is 7. The maximum atomic E-state index is 13.9. The number of carbonyl (C=O) groups is 4. The number of methoxy groups -OCH3 is 2. The van der Waals surface area contributed by atoms with Gasteiger partial charge in [0.25, 0.3) is 0 Å². The highest BCUT2D eigenvalue weighted by Gasteiger charge is 2.56. The van der Waals surface area contributed by atoms with Gasteiger partial charge in [0.2, 0.25) is 11.8 Å². The van der Waals surface area contributed by atoms with E-state index in [4.69, 9.17) is 9.47 Å². The number of likely N-dealkylation sites (tertiary alicyclic amines) is 1. The van der Waals surface area contributed by atoms with Gasteiger partial charge in [-0.1, -0.05) is 42.0 Å². The summed E-state index contributed by atoms with van der Waals surface area (Å²) in [5, 5.41) is 11.2. The highest BCUT2D eigenvalue weighted by atomic mass is 16.5. The Kier molecular flexibility index (Phi) is 6.21. The van der Waals surface area contributed by atoms with E-state index in [1.807, 2.05) is 36.4 Å². The summed E-state index contributed by atoms with van der Waals surface area (Å²) in [5.74, 6) is -3.08. The summed E-state index contributed by atoms with van der Waals surface area (Å²) in [6.07, 6.45) is 3.75. The van der Waals surface area contributed by atoms with E-state index in [2.05, 4.69) is 0 Å². The van der Waals surface area contributed by atoms with Gasteiger partial charge in [-0.15, -0.1) is 0 Å². The smallest absolute Gasteiger partial charge is 0.234 e. The van der Waals surface area contributed by atoms with Crippen molar-refractivity contribution in [3.05, 3.63) is 88.0 Å². The molecule has 0 radical (unpaired) electrons. The Morgan fingerprint density at radius 1 is 0.975 bits per heavy atom. The zero-order chi connectivity index (χ0) is 28.3. The van der Waals surface area contributed by atoms with Crippen molar-refractivity contribution in [2.45, 2.75) is 32.2 Å². The summed E-state index contributed by atoms with van der Waals surface area (Å²) in [6, 6.07) is 12.4. The average Bonchev–Trinajstić information content (AvgIpc) is 3.20. The number of ether oxygens (including phenoxy) is 2. The molecule has 4 aliphatic rings. The van der Waals surface area contributed by atoms with Crippen molar-refractivity contribution in [1.82, 2.24) is 4.90 Å². The van der Waals surface area contributed by atoms with Crippen molar-refractivity contribution in [2.24, 2.45) is 17.8 Å². The summed E-state index contributed by atoms with van der Waals surface area (Å²) in [4.78, 5) is 55.7. The number of phenols is 1. The number of aromatic hydroxyl groups is 1. The van der Waals surface area contributed by atoms with E-state index in [1.54, 1.807) is 13.0 Å². The molecule has 40 heavy (non-hydrogen) atoms. The van der Waals surface area contributed by atoms with Gasteiger partial charge in [-0.3, -0.25) is 24.1 Å². The van der Waals surface area contributed by atoms with E-state index in [9.17, 15) is 24.3 Å². The lowest BCUT2D eigenvalue weighted by Crippen LogP contribution is -2.39. The van der Waals surface area contributed by atoms with Crippen LogP contribution in [0.15, 0.2) is 76.9 Å². The van der Waals surface area contributed by atoms with Crippen LogP contribution in [0.3, 0.4) is 0 Å². The molecule has 0 aromatic heterocycles. The largest absolute Gasteiger partial charge is 0.507 e. The van der Waals surface area contributed by atoms with Crippen molar-refractivity contribution < 1.29 is 33.8 Å². The molecule has 8 heteroatoms. The van der Waals surface area contributed by atoms with E-state index in [-0.39, 0.29) is 42.1 Å². The first-order chi connectivity index (χ1) is 19.2. The summed E-state index contributed by atoms with van der Waals surface area (Å²) >= 11 is 0. The van der Waals surface area contributed by atoms with Crippen LogP contribution in [0.2, 0.25) is 0 Å². The molecular formula is C32H29NO7. The Morgan fingerprint density at radius 3 is 2.42 bits per heavy atom. The number of nitrogens with zero attached hydrogens (tertiary/aromatic N) is 1. The number of benzene rings is 2. The Balaban J connectivity index is 1.49. The molecule has 8 nitrogen and oxygen atoms in total. The first-order valence-electron chi connectivity index (χ1n) is 13.3. The number of hydrogen-bond donors (Lipinski definition) is 1. The van der Waals surface area contributed by atoms with E-state index < -0.39 is 23.7 Å². The highest BCUT2D eigenvalue weighted by molar-refractivity contribution is 6.24. The minimum absolute atomic E-state index is 0.149. The quantitative estimate of drug-likeness (QED) is 0.347. The van der Waals surface area contributed by atoms with Crippen molar-refractivity contribution in [1.29, 1.82) is 0 Å². The molecule has 0 bridgehead atoms. The van der Waals surface area contributed by atoms with Crippen LogP contribution in [0.4, 0.5) is 0 Å². The Labute approximate surface area is 231 Å². The summed E-state index contributed by atoms with van der Waals surface area (Å²) in [6.45, 7) is 1.78. The number of rotatable bonds is 5. The van der Waals surface area contributed by atoms with Gasteiger partial charge < -0.3 is 14.6 Å². The third kappa shape index (κ3) is 3.81. The molecule has 1 heterocycles. The summed E-state index contributed by atoms with van der Waals surface area (Å²) in [5.41, 5.74) is 2.86. The summed E-state index contributed by atoms with van der Waals surface area (Å²) < 4.78 is 11.0. The number of Topliss-reactive ketones (excluding diaryl/α,β-unsaturated/α-hetero) is 1. The van der Waals surface area contributed by atoms with Crippen molar-refractivity contribution in [3.63, 3.8) is 0 Å². The molecule has 4 atom stereocenters. The van der Waals surface area contributed by atoms with Crippen LogP contribution < -0.4 is 9.47 Å². The molecule has 4 unspecified atom stereocenters. The lowest BCUT2D eigenvalue weighted by Gasteiger charge is -2.42. The number of amides is 2. The van der Waals surface area contributed by atoms with Crippen LogP contribution >= 0.6 is 0 Å². The minimum atomic E-state index is -0.818. The van der Waals surface area contributed by atoms with Gasteiger partial charge in [0.15, 0.2) is 11.6 Å². The highest BCUT2D eigenvalue weighted by Crippen LogP contribution is 2.57. The van der Waals surface area contributed by atoms with E-state index >= 15 is 0 Å². The fourth-order valence-corrected chi connectivity index (χ4v) is 6.84. The minimum Gasteiger partial charge on any atom is -0.507 e. The van der Waals surface area contributed by atoms with Crippen LogP contribution in [0, 0.1) is 17.8 Å². The molecule has 0 spiro atoms. The molecule has 1 aliphatic heterocycles. The van der Waals surface area contributed by atoms with Crippen LogP contribution in [0.1, 0.15) is 36.8 Å². The van der Waals surface area contributed by atoms with Crippen LogP contribution in [-0.4, -0.2) is 47.6 Å². The number of fused-ring (bicyclic) bond motifs is 3. The number of phenolic OH excluding ortho intramolecular Hbond substituents is 1. The standard InChI is InChI=1S/C32H29NO7/c1-16-11-23(34)22-14-21-19(27(28(22)30(16)36)29-24(35)12-18(39-2)13-25(29)40-3)9-10-20-26(21)32(38)33(31(20)37)15-17-7-5-4-6-8-17/h4-9,11-13,20-21,26-27,35H,10,14-15H2,1-3H3. The first-order valence-corrected chi connectivity index (χ1v) is 13.3. The van der Waals surface area contributed by atoms with Gasteiger partial charge >= 0.3 is 0 Å². The molecule has 3 aliphatic carbocycles. The van der Waals surface area contributed by atoms with Gasteiger partial charge in [0.1, 0.15) is 17.2 Å². The topological polar surface area (TPSA) is 110 Å². The van der Waals surface area contributed by atoms with Crippen LogP contribution in [0.5, 0.6) is 17.2 Å². The van der Waals surface area contributed by atoms with Gasteiger partial charge in [0, 0.05) is 40.3 Å². The molecule has 2 aromatic carbocycles. The average molecular weight is 540 g/mol. The van der Waals surface area contributed by atoms with Crippen LogP contribution in [0.25, 0.3) is 0 Å². The zero-order valence-corrected chi connectivity index (χ0v) is 22.5. The lowest BCUT2D eigenvalue weighted by molar-refractivity contribution is -0.140. The number of allylic oxidation sites excluding steroid dienone is 6. The molecule has 1 fully saturated rings. The van der Waals surface area contributed by atoms with Crippen LogP contribution in [-0.2, 0) is 25.7 Å². The van der Waals surface area contributed by atoms with Crippen molar-refractivity contribution >= 4 is 23.4 Å². The maximum Gasteiger partial charge on any atom is 0.234 e. The van der Waals surface area contributed by atoms with E-state index in [1.165, 1.54) is 31.3 Å². The normalized spacial score (nSPS) is 25.7. The predicted octanol–water partition coefficient (Wildman–Crippen LogP) is 4.04. The molecular weight excluding hydrogens is 510 g/mol. The number of carbonyl (C=O) groups excluding carboxylic acids is 4. The molecule has 1 saturated heterocycles. The number of ketones is 2. The summed E-state index contributed by atoms with van der Waals surface area (Å²) in [7, 11) is 2.93. The van der Waals surface area contributed by atoms with Gasteiger partial charge in [-0.05, 0) is 37.3 Å². The second-order valence-electron chi connectivity index (χ2n) is 10.7. The first kappa shape index (κ1) is 25.8. The molecule has 1 N–H and O–H groups in total. The van der Waals surface area contributed by atoms with Gasteiger partial charge in [0.05, 0.1) is 32.6 Å². The van der Waals surface area contributed by atoms with Gasteiger partial charge in [-0.25, -0.2) is 0 Å². The SMILES string of the molecule is COc1cc(O)c(C2C3=CCC4C(=O)N(Cc5ccccc5)C(=O)C4C3CC3=C2C(=O)C(C)=CC3=O)c(OC)c1. The third-order valence-corrected chi connectivity index (χ3v) is 8.68. The van der Waals surface area contributed by atoms with E-state index in [0.29, 0.717) is 40.2 Å².